The van der Waals surface area contributed by atoms with Crippen molar-refractivity contribution in [2.45, 2.75) is 26.9 Å². The summed E-state index contributed by atoms with van der Waals surface area (Å²) in [4.78, 5) is 24.7. The predicted octanol–water partition coefficient (Wildman–Crippen LogP) is 4.89. The van der Waals surface area contributed by atoms with E-state index in [2.05, 4.69) is 5.32 Å². The molecule has 0 saturated carbocycles. The Hall–Kier alpha value is -2.79. The van der Waals surface area contributed by atoms with E-state index in [1.807, 2.05) is 18.2 Å². The van der Waals surface area contributed by atoms with Gasteiger partial charge in [0, 0.05) is 21.7 Å². The van der Waals surface area contributed by atoms with E-state index in [9.17, 15) is 9.59 Å². The zero-order valence-electron chi connectivity index (χ0n) is 14.6. The zero-order chi connectivity index (χ0) is 18.8. The molecule has 1 aromatic heterocycles. The lowest BCUT2D eigenvalue weighted by molar-refractivity contribution is -0.123. The van der Waals surface area contributed by atoms with E-state index >= 15 is 0 Å². The first-order chi connectivity index (χ1) is 12.4. The predicted molar refractivity (Wildman–Crippen MR) is 101 cm³/mol. The standard InChI is InChI=1S/C20H18ClNO4/c1-11-14-7-4-5-10-17(14)26-18(11)20(24)25-13(3)19(23)22-16-9-6-8-15(21)12(16)2/h4-10,13H,1-3H3,(H,22,23)/t13-/m0/s1. The second-order valence-electron chi connectivity index (χ2n) is 6.00. The van der Waals surface area contributed by atoms with E-state index < -0.39 is 18.0 Å². The normalized spacial score (nSPS) is 12.0. The Kier molecular flexibility index (Phi) is 5.00. The molecule has 1 N–H and O–H groups in total. The largest absolute Gasteiger partial charge is 0.449 e. The molecule has 0 bridgehead atoms. The second kappa shape index (κ2) is 7.22. The maximum Gasteiger partial charge on any atom is 0.375 e. The Morgan fingerprint density at radius 1 is 1.08 bits per heavy atom. The highest BCUT2D eigenvalue weighted by Gasteiger charge is 2.24. The molecule has 0 aliphatic rings. The molecule has 0 radical (unpaired) electrons. The van der Waals surface area contributed by atoms with Crippen LogP contribution in [0.5, 0.6) is 0 Å². The summed E-state index contributed by atoms with van der Waals surface area (Å²) < 4.78 is 10.8. The monoisotopic (exact) mass is 371 g/mol. The summed E-state index contributed by atoms with van der Waals surface area (Å²) in [6.45, 7) is 5.08. The minimum atomic E-state index is -0.992. The van der Waals surface area contributed by atoms with E-state index in [-0.39, 0.29) is 5.76 Å². The third-order valence-electron chi connectivity index (χ3n) is 4.21. The fraction of sp³-hybridized carbons (Fsp3) is 0.200. The molecule has 1 amide bonds. The highest BCUT2D eigenvalue weighted by Crippen LogP contribution is 2.26. The van der Waals surface area contributed by atoms with E-state index in [0.717, 1.165) is 10.9 Å². The summed E-state index contributed by atoms with van der Waals surface area (Å²) in [5.41, 5.74) is 2.60. The van der Waals surface area contributed by atoms with Crippen LogP contribution in [0.15, 0.2) is 46.9 Å². The van der Waals surface area contributed by atoms with Crippen LogP contribution in [0.3, 0.4) is 0 Å². The molecule has 0 saturated heterocycles. The van der Waals surface area contributed by atoms with Crippen LogP contribution in [-0.2, 0) is 9.53 Å². The number of rotatable bonds is 4. The van der Waals surface area contributed by atoms with E-state index in [0.29, 0.717) is 21.9 Å². The third-order valence-corrected chi connectivity index (χ3v) is 4.62. The van der Waals surface area contributed by atoms with Crippen molar-refractivity contribution in [2.24, 2.45) is 0 Å². The molecule has 0 aliphatic carbocycles. The van der Waals surface area contributed by atoms with Gasteiger partial charge in [0.1, 0.15) is 5.58 Å². The molecule has 0 aliphatic heterocycles. The lowest BCUT2D eigenvalue weighted by Gasteiger charge is -2.14. The molecule has 134 valence electrons. The van der Waals surface area contributed by atoms with Gasteiger partial charge in [-0.2, -0.15) is 0 Å². The van der Waals surface area contributed by atoms with Crippen LogP contribution in [0.4, 0.5) is 5.69 Å². The van der Waals surface area contributed by atoms with E-state index in [1.54, 1.807) is 38.1 Å². The number of aryl methyl sites for hydroxylation is 1. The number of furan rings is 1. The summed E-state index contributed by atoms with van der Waals surface area (Å²) in [6, 6.07) is 12.5. The Bertz CT molecular complexity index is 993. The third kappa shape index (κ3) is 3.44. The van der Waals surface area contributed by atoms with Gasteiger partial charge in [0.15, 0.2) is 6.10 Å². The van der Waals surface area contributed by atoms with Crippen LogP contribution >= 0.6 is 11.6 Å². The van der Waals surface area contributed by atoms with Crippen LogP contribution in [0.25, 0.3) is 11.0 Å². The van der Waals surface area contributed by atoms with Gasteiger partial charge in [0.2, 0.25) is 5.76 Å². The van der Waals surface area contributed by atoms with Gasteiger partial charge in [-0.25, -0.2) is 4.79 Å². The van der Waals surface area contributed by atoms with Crippen molar-refractivity contribution in [1.29, 1.82) is 0 Å². The number of fused-ring (bicyclic) bond motifs is 1. The summed E-state index contributed by atoms with van der Waals surface area (Å²) in [5.74, 6) is -1.02. The maximum absolute atomic E-state index is 12.4. The van der Waals surface area contributed by atoms with Crippen molar-refractivity contribution in [1.82, 2.24) is 0 Å². The van der Waals surface area contributed by atoms with Gasteiger partial charge < -0.3 is 14.5 Å². The summed E-state index contributed by atoms with van der Waals surface area (Å²) >= 11 is 6.05. The lowest BCUT2D eigenvalue weighted by Crippen LogP contribution is -2.30. The average molecular weight is 372 g/mol. The van der Waals surface area contributed by atoms with E-state index in [4.69, 9.17) is 20.8 Å². The molecular formula is C20H18ClNO4. The van der Waals surface area contributed by atoms with Gasteiger partial charge in [-0.1, -0.05) is 35.9 Å². The number of benzene rings is 2. The minimum Gasteiger partial charge on any atom is -0.449 e. The molecule has 0 unspecified atom stereocenters. The first kappa shape index (κ1) is 18.0. The molecule has 6 heteroatoms. The number of hydrogen-bond donors (Lipinski definition) is 1. The smallest absolute Gasteiger partial charge is 0.375 e. The number of nitrogens with one attached hydrogen (secondary N) is 1. The number of halogens is 1. The van der Waals surface area contributed by atoms with Crippen molar-refractivity contribution in [3.8, 4) is 0 Å². The zero-order valence-corrected chi connectivity index (χ0v) is 15.4. The van der Waals surface area contributed by atoms with Crippen LogP contribution in [0, 0.1) is 13.8 Å². The number of esters is 1. The van der Waals surface area contributed by atoms with E-state index in [1.165, 1.54) is 6.92 Å². The summed E-state index contributed by atoms with van der Waals surface area (Å²) in [7, 11) is 0. The molecule has 5 nitrogen and oxygen atoms in total. The first-order valence-electron chi connectivity index (χ1n) is 8.13. The molecule has 3 aromatic rings. The van der Waals surface area contributed by atoms with Gasteiger partial charge in [0.25, 0.3) is 5.91 Å². The molecule has 2 aromatic carbocycles. The number of anilines is 1. The van der Waals surface area contributed by atoms with Crippen molar-refractivity contribution < 1.29 is 18.7 Å². The quantitative estimate of drug-likeness (QED) is 0.663. The lowest BCUT2D eigenvalue weighted by atomic mass is 10.1. The fourth-order valence-corrected chi connectivity index (χ4v) is 2.79. The molecule has 3 rings (SSSR count). The van der Waals surface area contributed by atoms with Crippen molar-refractivity contribution in [3.63, 3.8) is 0 Å². The number of para-hydroxylation sites is 1. The van der Waals surface area contributed by atoms with Crippen LogP contribution in [0.1, 0.15) is 28.6 Å². The molecule has 26 heavy (non-hydrogen) atoms. The highest BCUT2D eigenvalue weighted by atomic mass is 35.5. The first-order valence-corrected chi connectivity index (χ1v) is 8.51. The number of hydrogen-bond acceptors (Lipinski definition) is 4. The topological polar surface area (TPSA) is 68.5 Å². The van der Waals surface area contributed by atoms with Gasteiger partial charge in [-0.15, -0.1) is 0 Å². The number of ether oxygens (including phenoxy) is 1. The van der Waals surface area contributed by atoms with Crippen molar-refractivity contribution >= 4 is 40.1 Å². The fourth-order valence-electron chi connectivity index (χ4n) is 2.61. The molecule has 1 heterocycles. The maximum atomic E-state index is 12.4. The second-order valence-corrected chi connectivity index (χ2v) is 6.41. The number of carbonyl (C=O) groups is 2. The van der Waals surface area contributed by atoms with Crippen molar-refractivity contribution in [3.05, 3.63) is 64.4 Å². The molecular weight excluding hydrogens is 354 g/mol. The van der Waals surface area contributed by atoms with Crippen LogP contribution in [0.2, 0.25) is 5.02 Å². The van der Waals surface area contributed by atoms with Gasteiger partial charge in [-0.3, -0.25) is 4.79 Å². The molecule has 0 spiro atoms. The Morgan fingerprint density at radius 3 is 2.54 bits per heavy atom. The molecule has 1 atom stereocenters. The Balaban J connectivity index is 1.73. The number of carbonyl (C=O) groups excluding carboxylic acids is 2. The summed E-state index contributed by atoms with van der Waals surface area (Å²) in [5, 5.41) is 4.10. The van der Waals surface area contributed by atoms with Crippen LogP contribution < -0.4 is 5.32 Å². The molecule has 0 fully saturated rings. The highest BCUT2D eigenvalue weighted by molar-refractivity contribution is 6.31. The Labute approximate surface area is 155 Å². The minimum absolute atomic E-state index is 0.102. The van der Waals surface area contributed by atoms with Gasteiger partial charge in [0.05, 0.1) is 0 Å². The van der Waals surface area contributed by atoms with Crippen LogP contribution in [-0.4, -0.2) is 18.0 Å². The van der Waals surface area contributed by atoms with Gasteiger partial charge >= 0.3 is 5.97 Å². The Morgan fingerprint density at radius 2 is 1.81 bits per heavy atom. The van der Waals surface area contributed by atoms with Crippen molar-refractivity contribution in [2.75, 3.05) is 5.32 Å². The average Bonchev–Trinajstić information content (AvgIpc) is 2.96. The number of amides is 1. The SMILES string of the molecule is Cc1c(Cl)cccc1NC(=O)[C@H](C)OC(=O)c1oc2ccccc2c1C. The summed E-state index contributed by atoms with van der Waals surface area (Å²) in [6.07, 6.45) is -0.992. The van der Waals surface area contributed by atoms with Gasteiger partial charge in [-0.05, 0) is 44.5 Å².